The zero-order chi connectivity index (χ0) is 21.9. The fraction of sp³-hybridized carbons (Fsp3) is 0.429. The Labute approximate surface area is 175 Å². The zero-order valence-corrected chi connectivity index (χ0v) is 17.5. The van der Waals surface area contributed by atoms with Crippen LogP contribution in [-0.2, 0) is 4.74 Å². The Bertz CT molecular complexity index is 920. The molecule has 0 bridgehead atoms. The normalized spacial score (nSPS) is 16.9. The summed E-state index contributed by atoms with van der Waals surface area (Å²) in [5.41, 5.74) is 0.576. The fourth-order valence-electron chi connectivity index (χ4n) is 3.30. The Balaban J connectivity index is 1.92. The van der Waals surface area contributed by atoms with Crippen LogP contribution in [0, 0.1) is 0 Å². The molecule has 2 heterocycles. The van der Waals surface area contributed by atoms with Gasteiger partial charge < -0.3 is 24.3 Å². The van der Waals surface area contributed by atoms with E-state index in [4.69, 9.17) is 9.15 Å². The Morgan fingerprint density at radius 2 is 2.00 bits per heavy atom. The molecule has 1 saturated heterocycles. The summed E-state index contributed by atoms with van der Waals surface area (Å²) in [7, 11) is 1.56. The Kier molecular flexibility index (Phi) is 6.09. The quantitative estimate of drug-likeness (QED) is 0.827. The van der Waals surface area contributed by atoms with Crippen molar-refractivity contribution in [2.24, 2.45) is 0 Å². The van der Waals surface area contributed by atoms with Gasteiger partial charge in [-0.3, -0.25) is 9.59 Å². The smallest absolute Gasteiger partial charge is 0.410 e. The second-order valence-electron chi connectivity index (χ2n) is 8.01. The predicted octanol–water partition coefficient (Wildman–Crippen LogP) is 2.47. The van der Waals surface area contributed by atoms with E-state index in [1.807, 2.05) is 6.07 Å². The van der Waals surface area contributed by atoms with E-state index < -0.39 is 17.7 Å². The molecule has 160 valence electrons. The van der Waals surface area contributed by atoms with Crippen LogP contribution < -0.4 is 5.32 Å². The molecule has 1 aromatic heterocycles. The number of amides is 3. The van der Waals surface area contributed by atoms with Crippen LogP contribution in [0.5, 0.6) is 0 Å². The number of carbonyl (C=O) groups is 3. The minimum atomic E-state index is -0.626. The van der Waals surface area contributed by atoms with Gasteiger partial charge in [-0.05, 0) is 38.5 Å². The second kappa shape index (κ2) is 8.56. The summed E-state index contributed by atoms with van der Waals surface area (Å²) < 4.78 is 10.7. The van der Waals surface area contributed by atoms with Crippen molar-refractivity contribution in [1.82, 2.24) is 20.1 Å². The van der Waals surface area contributed by atoms with Crippen molar-refractivity contribution < 1.29 is 23.5 Å². The van der Waals surface area contributed by atoms with Crippen molar-refractivity contribution >= 4 is 17.9 Å². The monoisotopic (exact) mass is 414 g/mol. The van der Waals surface area contributed by atoms with Gasteiger partial charge in [-0.1, -0.05) is 12.1 Å². The summed E-state index contributed by atoms with van der Waals surface area (Å²) in [6.07, 6.45) is 2.12. The molecule has 9 nitrogen and oxygen atoms in total. The van der Waals surface area contributed by atoms with Gasteiger partial charge in [0, 0.05) is 32.2 Å². The van der Waals surface area contributed by atoms with Crippen molar-refractivity contribution in [3.05, 3.63) is 53.7 Å². The van der Waals surface area contributed by atoms with Gasteiger partial charge in [-0.25, -0.2) is 9.78 Å². The first kappa shape index (κ1) is 21.4. The van der Waals surface area contributed by atoms with Gasteiger partial charge in [-0.15, -0.1) is 0 Å². The Morgan fingerprint density at radius 3 is 2.63 bits per heavy atom. The summed E-state index contributed by atoms with van der Waals surface area (Å²) in [5, 5.41) is 2.59. The summed E-state index contributed by atoms with van der Waals surface area (Å²) in [6.45, 7) is 6.25. The molecule has 3 amide bonds. The molecular formula is C21H26N4O5. The van der Waals surface area contributed by atoms with Crippen molar-refractivity contribution in [2.75, 3.05) is 26.7 Å². The standard InChI is InChI=1S/C21H26N4O5/c1-21(2,3)30-20(28)24-8-9-25(19(27)17-11-23-13-29-17)16(12-24)14-6-5-7-15(10-14)18(26)22-4/h5-7,10-11,13,16H,8-9,12H2,1-4H3,(H,22,26)/t16-/m0/s1. The van der Waals surface area contributed by atoms with Gasteiger partial charge in [0.25, 0.3) is 11.8 Å². The van der Waals surface area contributed by atoms with E-state index in [1.54, 1.807) is 55.8 Å². The van der Waals surface area contributed by atoms with E-state index in [9.17, 15) is 14.4 Å². The lowest BCUT2D eigenvalue weighted by Gasteiger charge is -2.41. The summed E-state index contributed by atoms with van der Waals surface area (Å²) in [6, 6.07) is 6.52. The molecule has 2 aromatic rings. The molecule has 30 heavy (non-hydrogen) atoms. The third-order valence-corrected chi connectivity index (χ3v) is 4.70. The van der Waals surface area contributed by atoms with Gasteiger partial charge in [0.2, 0.25) is 5.76 Å². The highest BCUT2D eigenvalue weighted by Gasteiger charge is 2.36. The fourth-order valence-corrected chi connectivity index (χ4v) is 3.30. The van der Waals surface area contributed by atoms with E-state index in [0.717, 1.165) is 5.56 Å². The first-order valence-corrected chi connectivity index (χ1v) is 9.69. The molecule has 1 atom stereocenters. The molecule has 1 fully saturated rings. The Morgan fingerprint density at radius 1 is 1.23 bits per heavy atom. The van der Waals surface area contributed by atoms with Crippen molar-refractivity contribution in [3.8, 4) is 0 Å². The van der Waals surface area contributed by atoms with Crippen LogP contribution in [0.25, 0.3) is 0 Å². The third kappa shape index (κ3) is 4.79. The summed E-state index contributed by atoms with van der Waals surface area (Å²) >= 11 is 0. The van der Waals surface area contributed by atoms with E-state index in [0.29, 0.717) is 12.1 Å². The molecule has 0 unspecified atom stereocenters. The Hall–Kier alpha value is -3.36. The molecule has 3 rings (SSSR count). The number of aromatic nitrogens is 1. The van der Waals surface area contributed by atoms with Crippen LogP contribution in [0.1, 0.15) is 53.3 Å². The highest BCUT2D eigenvalue weighted by molar-refractivity contribution is 5.94. The number of nitrogens with one attached hydrogen (secondary N) is 1. The number of carbonyl (C=O) groups excluding carboxylic acids is 3. The molecular weight excluding hydrogens is 388 g/mol. The number of nitrogens with zero attached hydrogens (tertiary/aromatic N) is 3. The van der Waals surface area contributed by atoms with E-state index >= 15 is 0 Å². The maximum Gasteiger partial charge on any atom is 0.410 e. The van der Waals surface area contributed by atoms with E-state index in [-0.39, 0.29) is 30.7 Å². The average molecular weight is 414 g/mol. The van der Waals surface area contributed by atoms with Crippen molar-refractivity contribution in [3.63, 3.8) is 0 Å². The lowest BCUT2D eigenvalue weighted by atomic mass is 9.99. The lowest BCUT2D eigenvalue weighted by Crippen LogP contribution is -2.53. The minimum absolute atomic E-state index is 0.119. The van der Waals surface area contributed by atoms with Crippen LogP contribution in [0.2, 0.25) is 0 Å². The third-order valence-electron chi connectivity index (χ3n) is 4.70. The van der Waals surface area contributed by atoms with Crippen molar-refractivity contribution in [1.29, 1.82) is 0 Å². The first-order valence-electron chi connectivity index (χ1n) is 9.69. The highest BCUT2D eigenvalue weighted by atomic mass is 16.6. The first-order chi connectivity index (χ1) is 14.2. The summed E-state index contributed by atoms with van der Waals surface area (Å²) in [5.74, 6) is -0.440. The topological polar surface area (TPSA) is 105 Å². The molecule has 1 aromatic carbocycles. The van der Waals surface area contributed by atoms with Gasteiger partial charge in [0.15, 0.2) is 6.39 Å². The molecule has 9 heteroatoms. The molecule has 1 aliphatic rings. The van der Waals surface area contributed by atoms with Crippen LogP contribution in [0.15, 0.2) is 41.3 Å². The number of hydrogen-bond acceptors (Lipinski definition) is 6. The molecule has 1 N–H and O–H groups in total. The zero-order valence-electron chi connectivity index (χ0n) is 17.5. The maximum atomic E-state index is 13.0. The van der Waals surface area contributed by atoms with Crippen LogP contribution in [0.4, 0.5) is 4.79 Å². The van der Waals surface area contributed by atoms with Crippen LogP contribution in [-0.4, -0.2) is 65.0 Å². The molecule has 0 radical (unpaired) electrons. The van der Waals surface area contributed by atoms with Crippen molar-refractivity contribution in [2.45, 2.75) is 32.4 Å². The van der Waals surface area contributed by atoms with Crippen LogP contribution in [0.3, 0.4) is 0 Å². The largest absolute Gasteiger partial charge is 0.444 e. The number of ether oxygens (including phenoxy) is 1. The molecule has 0 aliphatic carbocycles. The lowest BCUT2D eigenvalue weighted by molar-refractivity contribution is 0.00345. The number of rotatable bonds is 3. The molecule has 0 spiro atoms. The maximum absolute atomic E-state index is 13.0. The molecule has 0 saturated carbocycles. The molecule has 1 aliphatic heterocycles. The van der Waals surface area contributed by atoms with Crippen LogP contribution >= 0.6 is 0 Å². The second-order valence-corrected chi connectivity index (χ2v) is 8.01. The van der Waals surface area contributed by atoms with Gasteiger partial charge in [-0.2, -0.15) is 0 Å². The number of benzene rings is 1. The minimum Gasteiger partial charge on any atom is -0.444 e. The van der Waals surface area contributed by atoms with E-state index in [2.05, 4.69) is 10.3 Å². The number of hydrogen-bond donors (Lipinski definition) is 1. The van der Waals surface area contributed by atoms with E-state index in [1.165, 1.54) is 12.6 Å². The predicted molar refractivity (Wildman–Crippen MR) is 108 cm³/mol. The summed E-state index contributed by atoms with van der Waals surface area (Å²) in [4.78, 5) is 44.7. The van der Waals surface area contributed by atoms with Gasteiger partial charge in [0.05, 0.1) is 12.2 Å². The highest BCUT2D eigenvalue weighted by Crippen LogP contribution is 2.29. The number of piperazine rings is 1. The van der Waals surface area contributed by atoms with Gasteiger partial charge >= 0.3 is 6.09 Å². The number of oxazole rings is 1. The van der Waals surface area contributed by atoms with Gasteiger partial charge in [0.1, 0.15) is 5.60 Å². The SMILES string of the molecule is CNC(=O)c1cccc([C@@H]2CN(C(=O)OC(C)(C)C)CCN2C(=O)c2cnco2)c1. The average Bonchev–Trinajstić information content (AvgIpc) is 3.26.